The number of rotatable bonds is 5. The average molecular weight is 372 g/mol. The number of benzene rings is 2. The first-order valence-electron chi connectivity index (χ1n) is 9.00. The smallest absolute Gasteiger partial charge is 0.257 e. The molecule has 0 unspecified atom stereocenters. The lowest BCUT2D eigenvalue weighted by Crippen LogP contribution is -2.48. The SMILES string of the molecule is COc1ccc(F)cc1CN1CCN(C(=O)c2cc(C)ccc2OC)CC1. The number of ether oxygens (including phenoxy) is 2. The highest BCUT2D eigenvalue weighted by Crippen LogP contribution is 2.24. The van der Waals surface area contributed by atoms with E-state index >= 15 is 0 Å². The van der Waals surface area contributed by atoms with Gasteiger partial charge in [-0.15, -0.1) is 0 Å². The zero-order valence-electron chi connectivity index (χ0n) is 16.0. The van der Waals surface area contributed by atoms with Gasteiger partial charge in [-0.05, 0) is 37.3 Å². The van der Waals surface area contributed by atoms with Crippen LogP contribution in [0, 0.1) is 12.7 Å². The Morgan fingerprint density at radius 1 is 1.00 bits per heavy atom. The lowest BCUT2D eigenvalue weighted by atomic mass is 10.1. The van der Waals surface area contributed by atoms with Crippen molar-refractivity contribution < 1.29 is 18.7 Å². The highest BCUT2D eigenvalue weighted by atomic mass is 19.1. The first-order valence-corrected chi connectivity index (χ1v) is 9.00. The molecule has 27 heavy (non-hydrogen) atoms. The largest absolute Gasteiger partial charge is 0.496 e. The average Bonchev–Trinajstić information content (AvgIpc) is 2.68. The molecule has 1 aliphatic heterocycles. The molecule has 3 rings (SSSR count). The van der Waals surface area contributed by atoms with Crippen LogP contribution in [-0.2, 0) is 6.54 Å². The van der Waals surface area contributed by atoms with Crippen LogP contribution in [0.5, 0.6) is 11.5 Å². The number of halogens is 1. The third kappa shape index (κ3) is 4.39. The van der Waals surface area contributed by atoms with E-state index in [1.54, 1.807) is 20.3 Å². The van der Waals surface area contributed by atoms with Crippen LogP contribution in [0.3, 0.4) is 0 Å². The molecule has 0 aromatic heterocycles. The van der Waals surface area contributed by atoms with Crippen LogP contribution in [0.1, 0.15) is 21.5 Å². The van der Waals surface area contributed by atoms with E-state index in [2.05, 4.69) is 4.90 Å². The summed E-state index contributed by atoms with van der Waals surface area (Å²) in [6.07, 6.45) is 0. The van der Waals surface area contributed by atoms with Crippen molar-refractivity contribution in [1.29, 1.82) is 0 Å². The van der Waals surface area contributed by atoms with Gasteiger partial charge in [0.1, 0.15) is 17.3 Å². The van der Waals surface area contributed by atoms with Crippen molar-refractivity contribution >= 4 is 5.91 Å². The van der Waals surface area contributed by atoms with E-state index in [1.807, 2.05) is 30.0 Å². The van der Waals surface area contributed by atoms with Crippen LogP contribution in [-0.4, -0.2) is 56.1 Å². The Labute approximate surface area is 159 Å². The van der Waals surface area contributed by atoms with Crippen molar-refractivity contribution in [3.8, 4) is 11.5 Å². The summed E-state index contributed by atoms with van der Waals surface area (Å²) in [7, 11) is 3.16. The van der Waals surface area contributed by atoms with E-state index in [4.69, 9.17) is 9.47 Å². The molecular weight excluding hydrogens is 347 g/mol. The molecule has 0 spiro atoms. The summed E-state index contributed by atoms with van der Waals surface area (Å²) in [6.45, 7) is 5.23. The zero-order valence-corrected chi connectivity index (χ0v) is 16.0. The normalized spacial score (nSPS) is 14.9. The number of aryl methyl sites for hydroxylation is 1. The lowest BCUT2D eigenvalue weighted by Gasteiger charge is -2.35. The van der Waals surface area contributed by atoms with E-state index < -0.39 is 0 Å². The van der Waals surface area contributed by atoms with Gasteiger partial charge in [-0.1, -0.05) is 11.6 Å². The van der Waals surface area contributed by atoms with Crippen molar-refractivity contribution in [1.82, 2.24) is 9.80 Å². The summed E-state index contributed by atoms with van der Waals surface area (Å²) >= 11 is 0. The van der Waals surface area contributed by atoms with Crippen LogP contribution >= 0.6 is 0 Å². The van der Waals surface area contributed by atoms with Crippen molar-refractivity contribution in [2.75, 3.05) is 40.4 Å². The Balaban J connectivity index is 1.65. The standard InChI is InChI=1S/C21H25FN2O3/c1-15-4-6-20(27-3)18(12-15)21(25)24-10-8-23(9-11-24)14-16-13-17(22)5-7-19(16)26-2/h4-7,12-13H,8-11,14H2,1-3H3. The minimum atomic E-state index is -0.272. The number of nitrogens with zero attached hydrogens (tertiary/aromatic N) is 2. The fourth-order valence-electron chi connectivity index (χ4n) is 3.38. The number of amides is 1. The van der Waals surface area contributed by atoms with Gasteiger partial charge >= 0.3 is 0 Å². The molecule has 0 radical (unpaired) electrons. The second-order valence-electron chi connectivity index (χ2n) is 6.73. The van der Waals surface area contributed by atoms with E-state index in [0.29, 0.717) is 36.7 Å². The highest BCUT2D eigenvalue weighted by molar-refractivity contribution is 5.97. The van der Waals surface area contributed by atoms with Gasteiger partial charge in [0, 0.05) is 38.3 Å². The quantitative estimate of drug-likeness (QED) is 0.809. The highest BCUT2D eigenvalue weighted by Gasteiger charge is 2.25. The molecule has 0 bridgehead atoms. The molecule has 1 aliphatic rings. The summed E-state index contributed by atoms with van der Waals surface area (Å²) in [5.41, 5.74) is 2.44. The maximum atomic E-state index is 13.6. The fourth-order valence-corrected chi connectivity index (χ4v) is 3.38. The summed E-state index contributed by atoms with van der Waals surface area (Å²) in [6, 6.07) is 10.2. The van der Waals surface area contributed by atoms with Crippen LogP contribution in [0.2, 0.25) is 0 Å². The van der Waals surface area contributed by atoms with Gasteiger partial charge in [-0.2, -0.15) is 0 Å². The van der Waals surface area contributed by atoms with Crippen molar-refractivity contribution in [2.24, 2.45) is 0 Å². The number of methoxy groups -OCH3 is 2. The molecular formula is C21H25FN2O3. The third-order valence-corrected chi connectivity index (χ3v) is 4.88. The van der Waals surface area contributed by atoms with Crippen molar-refractivity contribution in [2.45, 2.75) is 13.5 Å². The fraction of sp³-hybridized carbons (Fsp3) is 0.381. The first-order chi connectivity index (χ1) is 13.0. The van der Waals surface area contributed by atoms with E-state index in [-0.39, 0.29) is 11.7 Å². The Kier molecular flexibility index (Phi) is 5.96. The third-order valence-electron chi connectivity index (χ3n) is 4.88. The maximum absolute atomic E-state index is 13.6. The van der Waals surface area contributed by atoms with E-state index in [9.17, 15) is 9.18 Å². The minimum absolute atomic E-state index is 0.0152. The van der Waals surface area contributed by atoms with Gasteiger partial charge in [-0.3, -0.25) is 9.69 Å². The zero-order chi connectivity index (χ0) is 19.4. The van der Waals surface area contributed by atoms with Gasteiger partial charge < -0.3 is 14.4 Å². The van der Waals surface area contributed by atoms with E-state index in [1.165, 1.54) is 12.1 Å². The molecule has 1 amide bonds. The topological polar surface area (TPSA) is 42.0 Å². The number of carbonyl (C=O) groups excluding carboxylic acids is 1. The Hall–Kier alpha value is -2.60. The van der Waals surface area contributed by atoms with Crippen molar-refractivity contribution in [3.05, 3.63) is 58.9 Å². The van der Waals surface area contributed by atoms with Gasteiger partial charge in [0.05, 0.1) is 19.8 Å². The molecule has 0 aliphatic carbocycles. The van der Waals surface area contributed by atoms with Crippen LogP contribution in [0.25, 0.3) is 0 Å². The second kappa shape index (κ2) is 8.39. The predicted octanol–water partition coefficient (Wildman–Crippen LogP) is 3.11. The lowest BCUT2D eigenvalue weighted by molar-refractivity contribution is 0.0624. The molecule has 1 heterocycles. The van der Waals surface area contributed by atoms with Gasteiger partial charge in [-0.25, -0.2) is 4.39 Å². The van der Waals surface area contributed by atoms with Gasteiger partial charge in [0.15, 0.2) is 0 Å². The monoisotopic (exact) mass is 372 g/mol. The summed E-state index contributed by atoms with van der Waals surface area (Å²) in [5, 5.41) is 0. The first kappa shape index (κ1) is 19.2. The molecule has 0 atom stereocenters. The molecule has 5 nitrogen and oxygen atoms in total. The number of hydrogen-bond donors (Lipinski definition) is 0. The van der Waals surface area contributed by atoms with Crippen molar-refractivity contribution in [3.63, 3.8) is 0 Å². The molecule has 1 fully saturated rings. The summed E-state index contributed by atoms with van der Waals surface area (Å²) in [5.74, 6) is 0.988. The Morgan fingerprint density at radius 2 is 1.67 bits per heavy atom. The van der Waals surface area contributed by atoms with Crippen LogP contribution in [0.15, 0.2) is 36.4 Å². The van der Waals surface area contributed by atoms with Crippen LogP contribution in [0.4, 0.5) is 4.39 Å². The maximum Gasteiger partial charge on any atom is 0.257 e. The second-order valence-corrected chi connectivity index (χ2v) is 6.73. The molecule has 1 saturated heterocycles. The molecule has 144 valence electrons. The van der Waals surface area contributed by atoms with Gasteiger partial charge in [0.25, 0.3) is 5.91 Å². The molecule has 0 N–H and O–H groups in total. The van der Waals surface area contributed by atoms with E-state index in [0.717, 1.165) is 24.2 Å². The molecule has 6 heteroatoms. The Morgan fingerprint density at radius 3 is 2.33 bits per heavy atom. The van der Waals surface area contributed by atoms with Gasteiger partial charge in [0.2, 0.25) is 0 Å². The summed E-state index contributed by atoms with van der Waals surface area (Å²) < 4.78 is 24.2. The Bertz CT molecular complexity index is 817. The summed E-state index contributed by atoms with van der Waals surface area (Å²) in [4.78, 5) is 16.9. The molecule has 2 aromatic carbocycles. The number of carbonyl (C=O) groups is 1. The predicted molar refractivity (Wildman–Crippen MR) is 102 cm³/mol. The molecule has 0 saturated carbocycles. The minimum Gasteiger partial charge on any atom is -0.496 e. The molecule has 2 aromatic rings. The number of hydrogen-bond acceptors (Lipinski definition) is 4. The van der Waals surface area contributed by atoms with Crippen LogP contribution < -0.4 is 9.47 Å². The number of piperazine rings is 1.